The van der Waals surface area contributed by atoms with Crippen molar-refractivity contribution in [2.75, 3.05) is 17.2 Å². The van der Waals surface area contributed by atoms with E-state index in [9.17, 15) is 0 Å². The molecule has 1 aromatic heterocycles. The zero-order valence-electron chi connectivity index (χ0n) is 10.6. The predicted molar refractivity (Wildman–Crippen MR) is 73.0 cm³/mol. The van der Waals surface area contributed by atoms with Gasteiger partial charge in [0.05, 0.1) is 5.69 Å². The van der Waals surface area contributed by atoms with Gasteiger partial charge in [-0.15, -0.1) is 0 Å². The summed E-state index contributed by atoms with van der Waals surface area (Å²) in [6.45, 7) is 7.48. The number of aryl methyl sites for hydroxylation is 2. The van der Waals surface area contributed by atoms with Crippen molar-refractivity contribution in [2.45, 2.75) is 46.6 Å². The molecule has 0 atom stereocenters. The van der Waals surface area contributed by atoms with E-state index in [0.29, 0.717) is 0 Å². The van der Waals surface area contributed by atoms with Crippen LogP contribution in [0, 0.1) is 0 Å². The lowest BCUT2D eigenvalue weighted by atomic mass is 10.3. The molecule has 0 saturated heterocycles. The van der Waals surface area contributed by atoms with Crippen molar-refractivity contribution in [3.63, 3.8) is 0 Å². The van der Waals surface area contributed by atoms with Crippen LogP contribution in [0.3, 0.4) is 0 Å². The number of nitrogen functional groups attached to an aromatic ring is 1. The summed E-state index contributed by atoms with van der Waals surface area (Å²) < 4.78 is 2.17. The Hall–Kier alpha value is -0.640. The number of anilines is 1. The van der Waals surface area contributed by atoms with Gasteiger partial charge in [0.2, 0.25) is 0 Å². The standard InChI is InChI=1S/C12H23N3S/c1-4-8-15-11(5-2)14-10(12(15)13)7-9-16-6-3/h4-9,13H2,1-3H3. The molecule has 2 N–H and O–H groups in total. The van der Waals surface area contributed by atoms with Crippen LogP contribution in [-0.4, -0.2) is 21.1 Å². The van der Waals surface area contributed by atoms with Crippen molar-refractivity contribution in [1.29, 1.82) is 0 Å². The van der Waals surface area contributed by atoms with Crippen molar-refractivity contribution in [3.05, 3.63) is 11.5 Å². The van der Waals surface area contributed by atoms with Gasteiger partial charge in [0.1, 0.15) is 11.6 Å². The predicted octanol–water partition coefficient (Wildman–Crippen LogP) is 2.73. The van der Waals surface area contributed by atoms with Crippen LogP contribution in [0.15, 0.2) is 0 Å². The highest BCUT2D eigenvalue weighted by Crippen LogP contribution is 2.18. The van der Waals surface area contributed by atoms with Crippen LogP contribution in [0.2, 0.25) is 0 Å². The van der Waals surface area contributed by atoms with Crippen LogP contribution in [0.25, 0.3) is 0 Å². The van der Waals surface area contributed by atoms with Crippen LogP contribution < -0.4 is 5.73 Å². The number of nitrogens with two attached hydrogens (primary N) is 1. The zero-order valence-corrected chi connectivity index (χ0v) is 11.4. The summed E-state index contributed by atoms with van der Waals surface area (Å²) in [5.74, 6) is 4.30. The lowest BCUT2D eigenvalue weighted by molar-refractivity contribution is 0.650. The van der Waals surface area contributed by atoms with E-state index < -0.39 is 0 Å². The third kappa shape index (κ3) is 3.17. The van der Waals surface area contributed by atoms with E-state index in [4.69, 9.17) is 5.73 Å². The minimum atomic E-state index is 0.885. The molecule has 92 valence electrons. The van der Waals surface area contributed by atoms with Gasteiger partial charge in [-0.2, -0.15) is 11.8 Å². The van der Waals surface area contributed by atoms with E-state index in [0.717, 1.165) is 54.6 Å². The Balaban J connectivity index is 2.77. The Morgan fingerprint density at radius 2 is 2.06 bits per heavy atom. The molecule has 0 aliphatic heterocycles. The molecular formula is C12H23N3S. The number of hydrogen-bond donors (Lipinski definition) is 1. The molecule has 4 heteroatoms. The quantitative estimate of drug-likeness (QED) is 0.747. The second-order valence-corrected chi connectivity index (χ2v) is 5.21. The van der Waals surface area contributed by atoms with Crippen molar-refractivity contribution >= 4 is 17.6 Å². The average molecular weight is 241 g/mol. The largest absolute Gasteiger partial charge is 0.384 e. The lowest BCUT2D eigenvalue weighted by Gasteiger charge is -2.06. The van der Waals surface area contributed by atoms with E-state index in [-0.39, 0.29) is 0 Å². The molecule has 0 saturated carbocycles. The van der Waals surface area contributed by atoms with Gasteiger partial charge in [-0.3, -0.25) is 0 Å². The number of nitrogens with zero attached hydrogens (tertiary/aromatic N) is 2. The highest BCUT2D eigenvalue weighted by molar-refractivity contribution is 7.99. The Kier molecular flexibility index (Phi) is 5.74. The smallest absolute Gasteiger partial charge is 0.126 e. The molecule has 3 nitrogen and oxygen atoms in total. The fourth-order valence-corrected chi connectivity index (χ4v) is 2.43. The first-order valence-electron chi connectivity index (χ1n) is 6.16. The second-order valence-electron chi connectivity index (χ2n) is 3.81. The molecule has 1 rings (SSSR count). The minimum Gasteiger partial charge on any atom is -0.384 e. The van der Waals surface area contributed by atoms with Crippen molar-refractivity contribution < 1.29 is 0 Å². The van der Waals surface area contributed by atoms with Gasteiger partial charge >= 0.3 is 0 Å². The topological polar surface area (TPSA) is 43.8 Å². The van der Waals surface area contributed by atoms with Gasteiger partial charge in [0.15, 0.2) is 0 Å². The number of imidazole rings is 1. The zero-order chi connectivity index (χ0) is 12.0. The molecule has 0 spiro atoms. The first kappa shape index (κ1) is 13.4. The van der Waals surface area contributed by atoms with E-state index in [2.05, 4.69) is 30.3 Å². The summed E-state index contributed by atoms with van der Waals surface area (Å²) in [5.41, 5.74) is 7.23. The van der Waals surface area contributed by atoms with Gasteiger partial charge < -0.3 is 10.3 Å². The SMILES string of the molecule is CCCn1c(CC)nc(CCSCC)c1N. The maximum atomic E-state index is 6.14. The summed E-state index contributed by atoms with van der Waals surface area (Å²) in [6.07, 6.45) is 3.07. The third-order valence-corrected chi connectivity index (χ3v) is 3.51. The number of rotatable bonds is 7. The van der Waals surface area contributed by atoms with Crippen LogP contribution in [0.4, 0.5) is 5.82 Å². The molecule has 1 aromatic rings. The molecule has 0 bridgehead atoms. The fourth-order valence-electron chi connectivity index (χ4n) is 1.81. The number of hydrogen-bond acceptors (Lipinski definition) is 3. The summed E-state index contributed by atoms with van der Waals surface area (Å²) >= 11 is 1.94. The van der Waals surface area contributed by atoms with E-state index >= 15 is 0 Å². The van der Waals surface area contributed by atoms with Crippen molar-refractivity contribution in [3.8, 4) is 0 Å². The molecule has 1 heterocycles. The summed E-state index contributed by atoms with van der Waals surface area (Å²) in [7, 11) is 0. The monoisotopic (exact) mass is 241 g/mol. The first-order valence-corrected chi connectivity index (χ1v) is 7.31. The van der Waals surface area contributed by atoms with Crippen LogP contribution in [-0.2, 0) is 19.4 Å². The second kappa shape index (κ2) is 6.84. The normalized spacial score (nSPS) is 10.9. The Morgan fingerprint density at radius 3 is 2.62 bits per heavy atom. The maximum Gasteiger partial charge on any atom is 0.126 e. The van der Waals surface area contributed by atoms with Crippen molar-refractivity contribution in [1.82, 2.24) is 9.55 Å². The molecule has 0 aromatic carbocycles. The van der Waals surface area contributed by atoms with Crippen LogP contribution in [0.1, 0.15) is 38.7 Å². The molecule has 0 unspecified atom stereocenters. The molecule has 16 heavy (non-hydrogen) atoms. The van der Waals surface area contributed by atoms with E-state index in [1.165, 1.54) is 0 Å². The molecule has 0 amide bonds. The fraction of sp³-hybridized carbons (Fsp3) is 0.750. The molecule has 0 radical (unpaired) electrons. The van der Waals surface area contributed by atoms with E-state index in [1.807, 2.05) is 11.8 Å². The summed E-state index contributed by atoms with van der Waals surface area (Å²) in [5, 5.41) is 0. The lowest BCUT2D eigenvalue weighted by Crippen LogP contribution is -2.06. The molecular weight excluding hydrogens is 218 g/mol. The minimum absolute atomic E-state index is 0.885. The van der Waals surface area contributed by atoms with Crippen molar-refractivity contribution in [2.24, 2.45) is 0 Å². The molecule has 0 aliphatic carbocycles. The summed E-state index contributed by atoms with van der Waals surface area (Å²) in [6, 6.07) is 0. The Morgan fingerprint density at radius 1 is 1.31 bits per heavy atom. The van der Waals surface area contributed by atoms with Gasteiger partial charge in [0.25, 0.3) is 0 Å². The van der Waals surface area contributed by atoms with Gasteiger partial charge in [0, 0.05) is 19.4 Å². The molecule has 0 fully saturated rings. The number of aromatic nitrogens is 2. The number of thioether (sulfide) groups is 1. The maximum absolute atomic E-state index is 6.14. The summed E-state index contributed by atoms with van der Waals surface area (Å²) in [4.78, 5) is 4.64. The Bertz CT molecular complexity index is 320. The van der Waals surface area contributed by atoms with Crippen LogP contribution in [0.5, 0.6) is 0 Å². The van der Waals surface area contributed by atoms with Gasteiger partial charge in [-0.05, 0) is 17.9 Å². The Labute approximate surface area is 103 Å². The van der Waals surface area contributed by atoms with Crippen LogP contribution >= 0.6 is 11.8 Å². The molecule has 0 aliphatic rings. The first-order chi connectivity index (χ1) is 7.74. The highest BCUT2D eigenvalue weighted by atomic mass is 32.2. The van der Waals surface area contributed by atoms with Gasteiger partial charge in [-0.25, -0.2) is 4.98 Å². The van der Waals surface area contributed by atoms with E-state index in [1.54, 1.807) is 0 Å². The highest BCUT2D eigenvalue weighted by Gasteiger charge is 2.12. The average Bonchev–Trinajstić information content (AvgIpc) is 2.58. The van der Waals surface area contributed by atoms with Gasteiger partial charge in [-0.1, -0.05) is 20.8 Å². The third-order valence-electron chi connectivity index (χ3n) is 2.61.